The summed E-state index contributed by atoms with van der Waals surface area (Å²) in [5, 5.41) is 11.6. The molecule has 0 aromatic heterocycles. The van der Waals surface area contributed by atoms with Crippen LogP contribution in [0.5, 0.6) is 0 Å². The van der Waals surface area contributed by atoms with Gasteiger partial charge in [0.25, 0.3) is 0 Å². The minimum absolute atomic E-state index is 0.0530. The molecule has 0 aliphatic heterocycles. The highest BCUT2D eigenvalue weighted by Crippen LogP contribution is 2.44. The average Bonchev–Trinajstić information content (AvgIpc) is 3.07. The van der Waals surface area contributed by atoms with E-state index in [1.807, 2.05) is 48.5 Å². The zero-order chi connectivity index (χ0) is 22.0. The molecule has 0 spiro atoms. The van der Waals surface area contributed by atoms with Crippen LogP contribution in [0.1, 0.15) is 35.1 Å². The zero-order valence-corrected chi connectivity index (χ0v) is 16.3. The first-order valence-corrected chi connectivity index (χ1v) is 9.72. The number of aliphatic carboxylic acids is 1. The van der Waals surface area contributed by atoms with Gasteiger partial charge in [0.2, 0.25) is 0 Å². The van der Waals surface area contributed by atoms with Crippen LogP contribution in [0.3, 0.4) is 0 Å². The number of fused-ring (bicyclic) bond motifs is 3. The van der Waals surface area contributed by atoms with Crippen LogP contribution in [0.25, 0.3) is 11.1 Å². The van der Waals surface area contributed by atoms with Crippen LogP contribution in [0.2, 0.25) is 0 Å². The summed E-state index contributed by atoms with van der Waals surface area (Å²) in [6, 6.07) is 17.7. The highest BCUT2D eigenvalue weighted by Gasteiger charge is 2.29. The third kappa shape index (κ3) is 4.26. The van der Waals surface area contributed by atoms with E-state index in [1.165, 1.54) is 6.07 Å². The van der Waals surface area contributed by atoms with Gasteiger partial charge < -0.3 is 15.2 Å². The predicted octanol–water partition coefficient (Wildman–Crippen LogP) is 5.02. The van der Waals surface area contributed by atoms with Crippen LogP contribution in [-0.4, -0.2) is 23.8 Å². The number of rotatable bonds is 6. The van der Waals surface area contributed by atoms with E-state index in [0.717, 1.165) is 34.4 Å². The average molecular weight is 423 g/mol. The van der Waals surface area contributed by atoms with Gasteiger partial charge in [0, 0.05) is 5.92 Å². The van der Waals surface area contributed by atoms with Gasteiger partial charge in [0.05, 0.1) is 12.5 Å². The molecule has 3 aromatic rings. The Bertz CT molecular complexity index is 1100. The van der Waals surface area contributed by atoms with Crippen molar-refractivity contribution >= 4 is 12.1 Å². The summed E-state index contributed by atoms with van der Waals surface area (Å²) in [5.41, 5.74) is 4.38. The van der Waals surface area contributed by atoms with Gasteiger partial charge in [-0.2, -0.15) is 0 Å². The number of alkyl carbamates (subject to hydrolysis) is 1. The molecule has 7 heteroatoms. The summed E-state index contributed by atoms with van der Waals surface area (Å²) >= 11 is 0. The summed E-state index contributed by atoms with van der Waals surface area (Å²) < 4.78 is 32.2. The molecule has 0 fully saturated rings. The van der Waals surface area contributed by atoms with Gasteiger partial charge in [-0.3, -0.25) is 4.79 Å². The number of nitrogens with one attached hydrogen (secondary N) is 1. The molecule has 1 aliphatic rings. The van der Waals surface area contributed by atoms with Crippen molar-refractivity contribution in [2.75, 3.05) is 6.61 Å². The second-order valence-corrected chi connectivity index (χ2v) is 7.29. The number of carbonyl (C=O) groups is 2. The van der Waals surface area contributed by atoms with Crippen molar-refractivity contribution in [3.8, 4) is 11.1 Å². The SMILES string of the molecule is O=C(O)CC(NC(=O)OCC1c2ccccc2-c2ccccc21)c1ccc(F)c(F)c1. The van der Waals surface area contributed by atoms with Gasteiger partial charge >= 0.3 is 12.1 Å². The molecule has 158 valence electrons. The maximum absolute atomic E-state index is 13.6. The highest BCUT2D eigenvalue weighted by atomic mass is 19.2. The van der Waals surface area contributed by atoms with Crippen LogP contribution in [0, 0.1) is 11.6 Å². The molecule has 4 rings (SSSR count). The number of carboxylic acid groups (broad SMARTS) is 1. The first kappa shape index (κ1) is 20.5. The van der Waals surface area contributed by atoms with E-state index in [2.05, 4.69) is 5.32 Å². The van der Waals surface area contributed by atoms with E-state index in [-0.39, 0.29) is 18.1 Å². The maximum atomic E-state index is 13.6. The van der Waals surface area contributed by atoms with E-state index < -0.39 is 36.2 Å². The first-order valence-electron chi connectivity index (χ1n) is 9.72. The largest absolute Gasteiger partial charge is 0.481 e. The summed E-state index contributed by atoms with van der Waals surface area (Å²) in [4.78, 5) is 23.6. The fourth-order valence-corrected chi connectivity index (χ4v) is 3.94. The Morgan fingerprint density at radius 3 is 2.13 bits per heavy atom. The number of hydrogen-bond donors (Lipinski definition) is 2. The summed E-state index contributed by atoms with van der Waals surface area (Å²) in [6.45, 7) is 0.0530. The molecule has 5 nitrogen and oxygen atoms in total. The molecule has 0 bridgehead atoms. The third-order valence-electron chi connectivity index (χ3n) is 5.36. The maximum Gasteiger partial charge on any atom is 0.407 e. The van der Waals surface area contributed by atoms with Crippen LogP contribution >= 0.6 is 0 Å². The fourth-order valence-electron chi connectivity index (χ4n) is 3.94. The molecule has 2 N–H and O–H groups in total. The Labute approximate surface area is 177 Å². The zero-order valence-electron chi connectivity index (χ0n) is 16.3. The Hall–Kier alpha value is -3.74. The Kier molecular flexibility index (Phi) is 5.66. The number of halogens is 2. The van der Waals surface area contributed by atoms with E-state index in [0.29, 0.717) is 0 Å². The number of amides is 1. The van der Waals surface area contributed by atoms with Crippen LogP contribution in [0.15, 0.2) is 66.7 Å². The molecule has 0 heterocycles. The van der Waals surface area contributed by atoms with Crippen LogP contribution in [0.4, 0.5) is 13.6 Å². The lowest BCUT2D eigenvalue weighted by Gasteiger charge is -2.19. The number of hydrogen-bond acceptors (Lipinski definition) is 3. The van der Waals surface area contributed by atoms with Crippen LogP contribution < -0.4 is 5.32 Å². The molecular weight excluding hydrogens is 404 g/mol. The predicted molar refractivity (Wildman–Crippen MR) is 110 cm³/mol. The summed E-state index contributed by atoms with van der Waals surface area (Å²) in [7, 11) is 0. The van der Waals surface area contributed by atoms with Gasteiger partial charge in [-0.15, -0.1) is 0 Å². The minimum atomic E-state index is -1.20. The number of ether oxygens (including phenoxy) is 1. The fraction of sp³-hybridized carbons (Fsp3) is 0.167. The van der Waals surface area contributed by atoms with Gasteiger partial charge in [-0.1, -0.05) is 54.6 Å². The third-order valence-corrected chi connectivity index (χ3v) is 5.36. The second-order valence-electron chi connectivity index (χ2n) is 7.29. The summed E-state index contributed by atoms with van der Waals surface area (Å²) in [5.74, 6) is -3.53. The van der Waals surface area contributed by atoms with Crippen molar-refractivity contribution in [1.29, 1.82) is 0 Å². The van der Waals surface area contributed by atoms with Crippen molar-refractivity contribution in [3.05, 3.63) is 95.1 Å². The van der Waals surface area contributed by atoms with Crippen LogP contribution in [-0.2, 0) is 9.53 Å². The standard InChI is InChI=1S/C24H19F2NO4/c25-20-10-9-14(11-21(20)26)22(12-23(28)29)27-24(30)31-13-19-17-7-3-1-5-15(17)16-6-2-4-8-18(16)19/h1-11,19,22H,12-13H2,(H,27,30)(H,28,29). The van der Waals surface area contributed by atoms with Crippen molar-refractivity contribution in [2.45, 2.75) is 18.4 Å². The first-order chi connectivity index (χ1) is 14.9. The minimum Gasteiger partial charge on any atom is -0.481 e. The highest BCUT2D eigenvalue weighted by molar-refractivity contribution is 5.79. The quantitative estimate of drug-likeness (QED) is 0.584. The van der Waals surface area contributed by atoms with Crippen molar-refractivity contribution < 1.29 is 28.2 Å². The number of carboxylic acids is 1. The lowest BCUT2D eigenvalue weighted by Crippen LogP contribution is -2.31. The molecule has 0 saturated heterocycles. The van der Waals surface area contributed by atoms with E-state index in [4.69, 9.17) is 9.84 Å². The van der Waals surface area contributed by atoms with Gasteiger partial charge in [0.1, 0.15) is 6.61 Å². The Balaban J connectivity index is 1.49. The molecule has 1 aliphatic carbocycles. The van der Waals surface area contributed by atoms with Crippen molar-refractivity contribution in [2.24, 2.45) is 0 Å². The normalized spacial score (nSPS) is 13.2. The molecule has 3 aromatic carbocycles. The topological polar surface area (TPSA) is 75.6 Å². The summed E-state index contributed by atoms with van der Waals surface area (Å²) in [6.07, 6.45) is -1.34. The second kappa shape index (κ2) is 8.55. The number of carbonyl (C=O) groups excluding carboxylic acids is 1. The van der Waals surface area contributed by atoms with Crippen molar-refractivity contribution in [1.82, 2.24) is 5.32 Å². The number of benzene rings is 3. The smallest absolute Gasteiger partial charge is 0.407 e. The van der Waals surface area contributed by atoms with Gasteiger partial charge in [-0.25, -0.2) is 13.6 Å². The monoisotopic (exact) mass is 423 g/mol. The lowest BCUT2D eigenvalue weighted by molar-refractivity contribution is -0.137. The molecule has 31 heavy (non-hydrogen) atoms. The van der Waals surface area contributed by atoms with E-state index in [1.54, 1.807) is 0 Å². The Morgan fingerprint density at radius 2 is 1.55 bits per heavy atom. The van der Waals surface area contributed by atoms with E-state index in [9.17, 15) is 18.4 Å². The molecule has 0 radical (unpaired) electrons. The lowest BCUT2D eigenvalue weighted by atomic mass is 9.98. The van der Waals surface area contributed by atoms with Gasteiger partial charge in [-0.05, 0) is 39.9 Å². The molecular formula is C24H19F2NO4. The molecule has 1 unspecified atom stereocenters. The molecule has 0 saturated carbocycles. The van der Waals surface area contributed by atoms with Gasteiger partial charge in [0.15, 0.2) is 11.6 Å². The van der Waals surface area contributed by atoms with Crippen molar-refractivity contribution in [3.63, 3.8) is 0 Å². The van der Waals surface area contributed by atoms with E-state index >= 15 is 0 Å². The molecule has 1 atom stereocenters. The molecule has 1 amide bonds. The Morgan fingerprint density at radius 1 is 0.935 bits per heavy atom.